The number of hydrazone groups is 1. The molecular weight excluding hydrogens is 639 g/mol. The van der Waals surface area contributed by atoms with Gasteiger partial charge in [0.25, 0.3) is 5.91 Å². The van der Waals surface area contributed by atoms with Crippen LogP contribution in [-0.2, 0) is 4.79 Å². The van der Waals surface area contributed by atoms with Crippen molar-refractivity contribution in [3.63, 3.8) is 0 Å². The lowest BCUT2D eigenvalue weighted by molar-refractivity contribution is -0.114. The Morgan fingerprint density at radius 2 is 1.82 bits per heavy atom. The Bertz CT molecular complexity index is 1370. The van der Waals surface area contributed by atoms with E-state index in [4.69, 9.17) is 19.6 Å². The van der Waals surface area contributed by atoms with Crippen LogP contribution in [0, 0.1) is 22.8 Å². The van der Waals surface area contributed by atoms with Crippen LogP contribution in [0.2, 0.25) is 0 Å². The van der Waals surface area contributed by atoms with E-state index in [-0.39, 0.29) is 11.4 Å². The van der Waals surface area contributed by atoms with Gasteiger partial charge in [0.15, 0.2) is 17.3 Å². The molecule has 2 aliphatic heterocycles. The molecule has 2 heterocycles. The number of unbranched alkanes of at least 4 members (excludes halogenated alkanes) is 4. The van der Waals surface area contributed by atoms with Gasteiger partial charge in [-0.25, -0.2) is 0 Å². The number of amides is 1. The number of hydrogen-bond donors (Lipinski definition) is 1. The van der Waals surface area contributed by atoms with Crippen LogP contribution in [0.15, 0.2) is 46.0 Å². The highest BCUT2D eigenvalue weighted by Gasteiger charge is 2.35. The summed E-state index contributed by atoms with van der Waals surface area (Å²) < 4.78 is 18.3. The number of rotatable bonds is 13. The minimum absolute atomic E-state index is 0.0290. The SMILES string of the molecule is CCCCCCCC1=NN2C(=N)C(=Cc3cc(I)c(OCCOc4ccc(C)c(C)c4)c(OC)c3)C(=O)N=C2S1. The molecule has 0 saturated carbocycles. The van der Waals surface area contributed by atoms with Gasteiger partial charge in [-0.05, 0) is 108 Å². The van der Waals surface area contributed by atoms with Gasteiger partial charge in [0, 0.05) is 0 Å². The number of ether oxygens (including phenoxy) is 3. The van der Waals surface area contributed by atoms with Crippen molar-refractivity contribution in [1.82, 2.24) is 5.01 Å². The summed E-state index contributed by atoms with van der Waals surface area (Å²) in [5.41, 5.74) is 3.30. The molecule has 0 fully saturated rings. The molecule has 0 aromatic heterocycles. The molecule has 2 aromatic carbocycles. The highest BCUT2D eigenvalue weighted by molar-refractivity contribution is 14.1. The first-order valence-corrected chi connectivity index (χ1v) is 15.4. The monoisotopic (exact) mass is 674 g/mol. The highest BCUT2D eigenvalue weighted by atomic mass is 127. The van der Waals surface area contributed by atoms with E-state index >= 15 is 0 Å². The number of carbonyl (C=O) groups excluding carboxylic acids is 1. The number of aryl methyl sites for hydroxylation is 2. The second kappa shape index (κ2) is 14.2. The van der Waals surface area contributed by atoms with Crippen LogP contribution in [-0.4, -0.2) is 47.3 Å². The molecule has 1 N–H and O–H groups in total. The Labute approximate surface area is 253 Å². The fourth-order valence-corrected chi connectivity index (χ4v) is 5.96. The molecular formula is C30H35IN4O4S. The van der Waals surface area contributed by atoms with Crippen LogP contribution in [0.3, 0.4) is 0 Å². The zero-order chi connectivity index (χ0) is 28.6. The topological polar surface area (TPSA) is 96.6 Å². The number of benzene rings is 2. The highest BCUT2D eigenvalue weighted by Crippen LogP contribution is 2.36. The average Bonchev–Trinajstić information content (AvgIpc) is 3.34. The maximum absolute atomic E-state index is 12.9. The maximum atomic E-state index is 12.9. The smallest absolute Gasteiger partial charge is 0.283 e. The van der Waals surface area contributed by atoms with Crippen LogP contribution in [0.1, 0.15) is 62.1 Å². The number of thioether (sulfide) groups is 1. The number of carbonyl (C=O) groups is 1. The van der Waals surface area contributed by atoms with Crippen molar-refractivity contribution >= 4 is 62.4 Å². The zero-order valence-corrected chi connectivity index (χ0v) is 26.4. The van der Waals surface area contributed by atoms with Gasteiger partial charge in [0.05, 0.1) is 16.3 Å². The lowest BCUT2D eigenvalue weighted by atomic mass is 10.1. The van der Waals surface area contributed by atoms with E-state index in [9.17, 15) is 4.79 Å². The fourth-order valence-electron chi connectivity index (χ4n) is 4.25. The molecule has 0 spiro atoms. The fraction of sp³-hybridized carbons (Fsp3) is 0.400. The second-order valence-electron chi connectivity index (χ2n) is 9.66. The minimum Gasteiger partial charge on any atom is -0.493 e. The number of aliphatic imine (C=N–C) groups is 1. The Balaban J connectivity index is 1.41. The molecule has 40 heavy (non-hydrogen) atoms. The first-order chi connectivity index (χ1) is 19.3. The Morgan fingerprint density at radius 3 is 2.58 bits per heavy atom. The number of methoxy groups -OCH3 is 1. The number of amidine groups is 2. The van der Waals surface area contributed by atoms with Crippen molar-refractivity contribution in [2.45, 2.75) is 59.3 Å². The van der Waals surface area contributed by atoms with Crippen molar-refractivity contribution in [3.05, 3.63) is 56.2 Å². The molecule has 0 aliphatic carbocycles. The van der Waals surface area contributed by atoms with Crippen LogP contribution < -0.4 is 14.2 Å². The second-order valence-corrected chi connectivity index (χ2v) is 11.9. The van der Waals surface area contributed by atoms with Gasteiger partial charge in [0.2, 0.25) is 5.17 Å². The van der Waals surface area contributed by atoms with Crippen molar-refractivity contribution in [2.24, 2.45) is 10.1 Å². The number of nitrogens with zero attached hydrogens (tertiary/aromatic N) is 3. The Morgan fingerprint density at radius 1 is 1.05 bits per heavy atom. The van der Waals surface area contributed by atoms with E-state index in [0.29, 0.717) is 35.4 Å². The molecule has 0 bridgehead atoms. The van der Waals surface area contributed by atoms with E-state index in [0.717, 1.165) is 33.6 Å². The predicted octanol–water partition coefficient (Wildman–Crippen LogP) is 7.35. The molecule has 0 atom stereocenters. The van der Waals surface area contributed by atoms with E-state index in [2.05, 4.69) is 53.5 Å². The lowest BCUT2D eigenvalue weighted by Gasteiger charge is -2.20. The van der Waals surface area contributed by atoms with Gasteiger partial charge in [-0.1, -0.05) is 38.7 Å². The van der Waals surface area contributed by atoms with Crippen LogP contribution >= 0.6 is 34.4 Å². The van der Waals surface area contributed by atoms with E-state index in [1.54, 1.807) is 19.3 Å². The summed E-state index contributed by atoms with van der Waals surface area (Å²) in [7, 11) is 1.57. The molecule has 2 aromatic rings. The van der Waals surface area contributed by atoms with Gasteiger partial charge >= 0.3 is 0 Å². The van der Waals surface area contributed by atoms with Gasteiger partial charge < -0.3 is 14.2 Å². The summed E-state index contributed by atoms with van der Waals surface area (Å²) in [4.78, 5) is 17.1. The first kappa shape index (κ1) is 30.1. The first-order valence-electron chi connectivity index (χ1n) is 13.5. The molecule has 1 amide bonds. The maximum Gasteiger partial charge on any atom is 0.283 e. The summed E-state index contributed by atoms with van der Waals surface area (Å²) in [5.74, 6) is 1.52. The number of hydrogen-bond acceptors (Lipinski definition) is 7. The van der Waals surface area contributed by atoms with Crippen LogP contribution in [0.4, 0.5) is 0 Å². The average molecular weight is 675 g/mol. The Kier molecular flexibility index (Phi) is 10.7. The quantitative estimate of drug-likeness (QED) is 0.136. The van der Waals surface area contributed by atoms with Crippen molar-refractivity contribution in [3.8, 4) is 17.2 Å². The van der Waals surface area contributed by atoms with Crippen LogP contribution in [0.5, 0.6) is 17.2 Å². The van der Waals surface area contributed by atoms with E-state index in [1.807, 2.05) is 24.3 Å². The standard InChI is InChI=1S/C30H35IN4O4S/c1-5-6-7-8-9-10-26-34-35-28(32)23(29(36)33-30(35)40-26)16-21-17-24(31)27(25(18-21)37-4)39-14-13-38-22-12-11-19(2)20(3)15-22/h11-12,15-18,32H,5-10,13-14H2,1-4H3. The third-order valence-electron chi connectivity index (χ3n) is 6.63. The minimum atomic E-state index is -0.444. The normalized spacial score (nSPS) is 15.7. The molecule has 0 saturated heterocycles. The summed E-state index contributed by atoms with van der Waals surface area (Å²) >= 11 is 3.57. The van der Waals surface area contributed by atoms with Gasteiger partial charge in [-0.2, -0.15) is 15.1 Å². The van der Waals surface area contributed by atoms with Crippen molar-refractivity contribution < 1.29 is 19.0 Å². The van der Waals surface area contributed by atoms with Crippen molar-refractivity contribution in [1.29, 1.82) is 5.41 Å². The number of fused-ring (bicyclic) bond motifs is 1. The molecule has 4 rings (SSSR count). The summed E-state index contributed by atoms with van der Waals surface area (Å²) in [6.07, 6.45) is 8.35. The Hall–Kier alpha value is -2.86. The molecule has 10 heteroatoms. The molecule has 212 valence electrons. The molecule has 0 unspecified atom stereocenters. The summed E-state index contributed by atoms with van der Waals surface area (Å²) in [5, 5.41) is 16.1. The largest absolute Gasteiger partial charge is 0.493 e. The third kappa shape index (κ3) is 7.45. The number of nitrogens with one attached hydrogen (secondary N) is 1. The summed E-state index contributed by atoms with van der Waals surface area (Å²) in [6.45, 7) is 7.05. The van der Waals surface area contributed by atoms with Gasteiger partial charge in [-0.15, -0.1) is 0 Å². The van der Waals surface area contributed by atoms with Gasteiger partial charge in [0.1, 0.15) is 24.0 Å². The molecule has 8 nitrogen and oxygen atoms in total. The molecule has 0 radical (unpaired) electrons. The number of halogens is 1. The van der Waals surface area contributed by atoms with Gasteiger partial charge in [-0.3, -0.25) is 10.2 Å². The lowest BCUT2D eigenvalue weighted by Crippen LogP contribution is -2.35. The third-order valence-corrected chi connectivity index (χ3v) is 8.40. The summed E-state index contributed by atoms with van der Waals surface area (Å²) in [6, 6.07) is 9.68. The van der Waals surface area contributed by atoms with E-state index < -0.39 is 5.91 Å². The van der Waals surface area contributed by atoms with E-state index in [1.165, 1.54) is 47.2 Å². The van der Waals surface area contributed by atoms with Crippen LogP contribution in [0.25, 0.3) is 6.08 Å². The van der Waals surface area contributed by atoms with Crippen molar-refractivity contribution in [2.75, 3.05) is 20.3 Å². The predicted molar refractivity (Wildman–Crippen MR) is 171 cm³/mol. The molecule has 2 aliphatic rings. The zero-order valence-electron chi connectivity index (χ0n) is 23.4.